The molecule has 0 heterocycles. The predicted octanol–water partition coefficient (Wildman–Crippen LogP) is 2.26. The van der Waals surface area contributed by atoms with Crippen molar-refractivity contribution in [2.24, 2.45) is 0 Å². The highest BCUT2D eigenvalue weighted by atomic mass is 16.1. The van der Waals surface area contributed by atoms with Crippen molar-refractivity contribution in [2.75, 3.05) is 0 Å². The minimum absolute atomic E-state index is 0.0370. The molecule has 0 fully saturated rings. The van der Waals surface area contributed by atoms with Crippen LogP contribution in [0.3, 0.4) is 0 Å². The van der Waals surface area contributed by atoms with Crippen LogP contribution in [0, 0.1) is 0 Å². The van der Waals surface area contributed by atoms with Crippen molar-refractivity contribution in [1.82, 2.24) is 5.32 Å². The summed E-state index contributed by atoms with van der Waals surface area (Å²) >= 11 is 0. The first-order chi connectivity index (χ1) is 5.37. The molecule has 0 aliphatic rings. The molecular weight excluding hydrogens is 150 g/mol. The third-order valence-corrected chi connectivity index (χ3v) is 1.48. The average molecular weight is 169 g/mol. The normalized spacial score (nSPS) is 12.9. The molecule has 0 saturated heterocycles. The molecule has 0 amide bonds. The highest BCUT2D eigenvalue weighted by Gasteiger charge is 2.07. The lowest BCUT2D eigenvalue weighted by Gasteiger charge is -2.19. The molecule has 0 unspecified atom stereocenters. The molecule has 0 aromatic carbocycles. The summed E-state index contributed by atoms with van der Waals surface area (Å²) in [5.74, 6) is 0.201. The van der Waals surface area contributed by atoms with Crippen LogP contribution in [0.4, 0.5) is 0 Å². The monoisotopic (exact) mass is 169 g/mol. The van der Waals surface area contributed by atoms with Crippen LogP contribution in [-0.2, 0) is 4.79 Å². The van der Waals surface area contributed by atoms with Gasteiger partial charge in [0, 0.05) is 23.7 Å². The van der Waals surface area contributed by atoms with Gasteiger partial charge in [-0.3, -0.25) is 4.79 Å². The van der Waals surface area contributed by atoms with Gasteiger partial charge < -0.3 is 5.32 Å². The van der Waals surface area contributed by atoms with Crippen LogP contribution in [0.5, 0.6) is 0 Å². The van der Waals surface area contributed by atoms with Crippen molar-refractivity contribution in [3.05, 3.63) is 11.8 Å². The van der Waals surface area contributed by atoms with E-state index in [2.05, 4.69) is 26.1 Å². The smallest absolute Gasteiger partial charge is 0.159 e. The largest absolute Gasteiger partial charge is 0.386 e. The van der Waals surface area contributed by atoms with E-state index < -0.39 is 0 Å². The van der Waals surface area contributed by atoms with Crippen molar-refractivity contribution in [3.63, 3.8) is 0 Å². The van der Waals surface area contributed by atoms with Crippen LogP contribution in [0.1, 0.15) is 41.0 Å². The van der Waals surface area contributed by atoms with E-state index in [4.69, 9.17) is 0 Å². The average Bonchev–Trinajstić information content (AvgIpc) is 1.97. The van der Waals surface area contributed by atoms with Crippen molar-refractivity contribution in [3.8, 4) is 0 Å². The van der Waals surface area contributed by atoms with E-state index in [9.17, 15) is 4.79 Å². The minimum atomic E-state index is 0.0370. The number of allylic oxidation sites excluding steroid dienone is 1. The molecular formula is C10H19NO. The van der Waals surface area contributed by atoms with E-state index in [1.165, 1.54) is 0 Å². The van der Waals surface area contributed by atoms with E-state index >= 15 is 0 Å². The Morgan fingerprint density at radius 2 is 1.92 bits per heavy atom. The molecule has 0 atom stereocenters. The first kappa shape index (κ1) is 11.2. The fourth-order valence-corrected chi connectivity index (χ4v) is 0.684. The second kappa shape index (κ2) is 4.29. The van der Waals surface area contributed by atoms with E-state index in [1.807, 2.05) is 13.8 Å². The zero-order chi connectivity index (χ0) is 9.78. The SMILES string of the molecule is CCC(=O)/C(C)=C/NC(C)(C)C. The number of rotatable bonds is 3. The summed E-state index contributed by atoms with van der Waals surface area (Å²) in [6.45, 7) is 9.90. The first-order valence-corrected chi connectivity index (χ1v) is 4.34. The number of ketones is 1. The van der Waals surface area contributed by atoms with Crippen LogP contribution in [0.2, 0.25) is 0 Å². The van der Waals surface area contributed by atoms with Gasteiger partial charge in [-0.2, -0.15) is 0 Å². The molecule has 70 valence electrons. The number of hydrogen-bond acceptors (Lipinski definition) is 2. The molecule has 0 saturated carbocycles. The van der Waals surface area contributed by atoms with Crippen molar-refractivity contribution in [2.45, 2.75) is 46.6 Å². The highest BCUT2D eigenvalue weighted by molar-refractivity contribution is 5.94. The number of Topliss-reactive ketones (excluding diaryl/α,β-unsaturated/α-hetero) is 1. The summed E-state index contributed by atoms with van der Waals surface area (Å²) in [7, 11) is 0. The highest BCUT2D eigenvalue weighted by Crippen LogP contribution is 2.02. The molecule has 1 N–H and O–H groups in total. The summed E-state index contributed by atoms with van der Waals surface area (Å²) in [5.41, 5.74) is 0.836. The summed E-state index contributed by atoms with van der Waals surface area (Å²) in [4.78, 5) is 11.1. The van der Waals surface area contributed by atoms with Gasteiger partial charge in [-0.1, -0.05) is 6.92 Å². The van der Waals surface area contributed by atoms with Gasteiger partial charge in [-0.15, -0.1) is 0 Å². The molecule has 2 nitrogen and oxygen atoms in total. The number of hydrogen-bond donors (Lipinski definition) is 1. The van der Waals surface area contributed by atoms with Crippen molar-refractivity contribution in [1.29, 1.82) is 0 Å². The maximum absolute atomic E-state index is 11.1. The van der Waals surface area contributed by atoms with Crippen LogP contribution in [0.25, 0.3) is 0 Å². The minimum Gasteiger partial charge on any atom is -0.386 e. The number of carbonyl (C=O) groups excluding carboxylic acids is 1. The zero-order valence-corrected chi connectivity index (χ0v) is 8.69. The topological polar surface area (TPSA) is 29.1 Å². The molecule has 0 spiro atoms. The summed E-state index contributed by atoms with van der Waals surface area (Å²) < 4.78 is 0. The molecule has 0 bridgehead atoms. The summed E-state index contributed by atoms with van der Waals surface area (Å²) in [5, 5.41) is 3.15. The van der Waals surface area contributed by atoms with E-state index in [0.717, 1.165) is 5.57 Å². The molecule has 0 rings (SSSR count). The van der Waals surface area contributed by atoms with E-state index in [-0.39, 0.29) is 11.3 Å². The van der Waals surface area contributed by atoms with Gasteiger partial charge in [0.05, 0.1) is 0 Å². The van der Waals surface area contributed by atoms with Crippen molar-refractivity contribution >= 4 is 5.78 Å². The Morgan fingerprint density at radius 3 is 2.25 bits per heavy atom. The van der Waals surface area contributed by atoms with Gasteiger partial charge in [0.25, 0.3) is 0 Å². The van der Waals surface area contributed by atoms with E-state index in [1.54, 1.807) is 6.20 Å². The van der Waals surface area contributed by atoms with Crippen molar-refractivity contribution < 1.29 is 4.79 Å². The second-order valence-electron chi connectivity index (χ2n) is 4.00. The van der Waals surface area contributed by atoms with Crippen LogP contribution in [-0.4, -0.2) is 11.3 Å². The third kappa shape index (κ3) is 4.94. The summed E-state index contributed by atoms with van der Waals surface area (Å²) in [6, 6.07) is 0. The fraction of sp³-hybridized carbons (Fsp3) is 0.700. The molecule has 2 heteroatoms. The molecule has 0 aromatic rings. The van der Waals surface area contributed by atoms with Crippen LogP contribution < -0.4 is 5.32 Å². The van der Waals surface area contributed by atoms with Crippen LogP contribution in [0.15, 0.2) is 11.8 Å². The van der Waals surface area contributed by atoms with Gasteiger partial charge >= 0.3 is 0 Å². The Bertz CT molecular complexity index is 187. The fourth-order valence-electron chi connectivity index (χ4n) is 0.684. The Labute approximate surface area is 75.0 Å². The quantitative estimate of drug-likeness (QED) is 0.656. The maximum Gasteiger partial charge on any atom is 0.159 e. The standard InChI is InChI=1S/C10H19NO/c1-6-9(12)8(2)7-11-10(3,4)5/h7,11H,6H2,1-5H3/b8-7+. The lowest BCUT2D eigenvalue weighted by molar-refractivity contribution is -0.115. The Morgan fingerprint density at radius 1 is 1.42 bits per heavy atom. The van der Waals surface area contributed by atoms with Crippen LogP contribution >= 0.6 is 0 Å². The summed E-state index contributed by atoms with van der Waals surface area (Å²) in [6.07, 6.45) is 2.37. The Balaban J connectivity index is 4.10. The zero-order valence-electron chi connectivity index (χ0n) is 8.69. The predicted molar refractivity (Wildman–Crippen MR) is 51.9 cm³/mol. The number of nitrogens with one attached hydrogen (secondary N) is 1. The van der Waals surface area contributed by atoms with E-state index in [0.29, 0.717) is 6.42 Å². The molecule has 0 aliphatic heterocycles. The van der Waals surface area contributed by atoms with Gasteiger partial charge in [0.15, 0.2) is 5.78 Å². The molecule has 0 aliphatic carbocycles. The lowest BCUT2D eigenvalue weighted by Crippen LogP contribution is -2.31. The maximum atomic E-state index is 11.1. The number of carbonyl (C=O) groups is 1. The second-order valence-corrected chi connectivity index (χ2v) is 4.00. The molecule has 12 heavy (non-hydrogen) atoms. The van der Waals surface area contributed by atoms with Gasteiger partial charge in [-0.25, -0.2) is 0 Å². The van der Waals surface area contributed by atoms with Gasteiger partial charge in [0.2, 0.25) is 0 Å². The molecule has 0 radical (unpaired) electrons. The lowest BCUT2D eigenvalue weighted by atomic mass is 10.1. The molecule has 0 aromatic heterocycles. The van der Waals surface area contributed by atoms with Gasteiger partial charge in [-0.05, 0) is 27.7 Å². The third-order valence-electron chi connectivity index (χ3n) is 1.48. The Kier molecular flexibility index (Phi) is 4.01. The first-order valence-electron chi connectivity index (χ1n) is 4.34. The Hall–Kier alpha value is -0.790. The van der Waals surface area contributed by atoms with Gasteiger partial charge in [0.1, 0.15) is 0 Å².